The van der Waals surface area contributed by atoms with E-state index in [0.29, 0.717) is 21.5 Å². The second-order valence-electron chi connectivity index (χ2n) is 9.82. The predicted molar refractivity (Wildman–Crippen MR) is 155 cm³/mol. The van der Waals surface area contributed by atoms with Crippen molar-refractivity contribution in [3.8, 4) is 0 Å². The molecule has 0 aliphatic heterocycles. The lowest BCUT2D eigenvalue weighted by Crippen LogP contribution is -2.38. The van der Waals surface area contributed by atoms with Gasteiger partial charge in [-0.25, -0.2) is 4.79 Å². The summed E-state index contributed by atoms with van der Waals surface area (Å²) in [6.07, 6.45) is 6.27. The number of H-pyrrole nitrogens is 1. The number of hydrogen-bond donors (Lipinski definition) is 4. The summed E-state index contributed by atoms with van der Waals surface area (Å²) in [4.78, 5) is 25.6. The zero-order chi connectivity index (χ0) is 27.9. The molecule has 1 fully saturated rings. The van der Waals surface area contributed by atoms with Crippen molar-refractivity contribution < 1.29 is 9.59 Å². The number of hydrogen-bond acceptors (Lipinski definition) is 5. The molecule has 3 amide bonds. The standard InChI is InChI=1S/C29H29Cl2N7O2/c30-24-15-6-18(16-25(24)31)17-32-29(40)33-26(21-9-7-20(8-10-21)19-4-2-1-3-5-19)22-11-13-23(14-12-22)27(39)34-28-35-37-38-36-28/h6-16,19,26H,1-5,17H2,(H2,32,33,40)(H2,34,35,36,37,38,39). The second-order valence-corrected chi connectivity index (χ2v) is 10.6. The van der Waals surface area contributed by atoms with Crippen LogP contribution in [0, 0.1) is 0 Å². The second kappa shape index (κ2) is 12.9. The van der Waals surface area contributed by atoms with Crippen LogP contribution in [0.4, 0.5) is 10.7 Å². The van der Waals surface area contributed by atoms with E-state index in [4.69, 9.17) is 23.2 Å². The molecule has 0 radical (unpaired) electrons. The molecule has 0 bridgehead atoms. The first-order valence-corrected chi connectivity index (χ1v) is 13.9. The molecule has 4 aromatic rings. The van der Waals surface area contributed by atoms with Gasteiger partial charge in [-0.1, -0.05) is 90.0 Å². The number of amides is 3. The molecule has 4 N–H and O–H groups in total. The third-order valence-corrected chi connectivity index (χ3v) is 7.87. The van der Waals surface area contributed by atoms with Gasteiger partial charge in [0.25, 0.3) is 11.9 Å². The number of anilines is 1. The molecule has 0 saturated heterocycles. The van der Waals surface area contributed by atoms with Crippen molar-refractivity contribution in [2.24, 2.45) is 0 Å². The number of carbonyl (C=O) groups excluding carboxylic acids is 2. The molecule has 9 nitrogen and oxygen atoms in total. The fraction of sp³-hybridized carbons (Fsp3) is 0.276. The zero-order valence-corrected chi connectivity index (χ0v) is 23.2. The summed E-state index contributed by atoms with van der Waals surface area (Å²) < 4.78 is 0. The topological polar surface area (TPSA) is 125 Å². The Labute approximate surface area is 242 Å². The summed E-state index contributed by atoms with van der Waals surface area (Å²) in [5.41, 5.74) is 4.35. The maximum atomic E-state index is 13.0. The van der Waals surface area contributed by atoms with E-state index in [9.17, 15) is 9.59 Å². The van der Waals surface area contributed by atoms with Gasteiger partial charge in [0.2, 0.25) is 0 Å². The highest BCUT2D eigenvalue weighted by Crippen LogP contribution is 2.33. The van der Waals surface area contributed by atoms with Gasteiger partial charge in [-0.2, -0.15) is 5.21 Å². The Hall–Kier alpha value is -3.95. The number of nitrogens with one attached hydrogen (secondary N) is 4. The van der Waals surface area contributed by atoms with E-state index >= 15 is 0 Å². The van der Waals surface area contributed by atoms with Crippen LogP contribution in [0.3, 0.4) is 0 Å². The van der Waals surface area contributed by atoms with E-state index in [0.717, 1.165) is 16.7 Å². The van der Waals surface area contributed by atoms with Gasteiger partial charge >= 0.3 is 6.03 Å². The maximum absolute atomic E-state index is 13.0. The summed E-state index contributed by atoms with van der Waals surface area (Å²) in [5, 5.41) is 22.7. The van der Waals surface area contributed by atoms with E-state index < -0.39 is 6.04 Å². The van der Waals surface area contributed by atoms with Gasteiger partial charge in [0.15, 0.2) is 0 Å². The van der Waals surface area contributed by atoms with Crippen molar-refractivity contribution in [2.45, 2.75) is 50.6 Å². The maximum Gasteiger partial charge on any atom is 0.315 e. The number of urea groups is 1. The molecule has 1 unspecified atom stereocenters. The van der Waals surface area contributed by atoms with Crippen LogP contribution in [0.5, 0.6) is 0 Å². The Morgan fingerprint density at radius 1 is 0.900 bits per heavy atom. The average molecular weight is 579 g/mol. The quantitative estimate of drug-likeness (QED) is 0.193. The molecule has 1 atom stereocenters. The molecule has 0 spiro atoms. The summed E-state index contributed by atoms with van der Waals surface area (Å²) >= 11 is 12.1. The van der Waals surface area contributed by atoms with Gasteiger partial charge < -0.3 is 10.6 Å². The number of carbonyl (C=O) groups is 2. The number of aromatic amines is 1. The van der Waals surface area contributed by atoms with Gasteiger partial charge in [-0.3, -0.25) is 10.1 Å². The Kier molecular flexibility index (Phi) is 8.93. The molecular weight excluding hydrogens is 549 g/mol. The SMILES string of the molecule is O=C(NCc1ccc(Cl)c(Cl)c1)NC(c1ccc(C(=O)Nc2nn[nH]n2)cc1)c1ccc(C2CCCCC2)cc1. The molecular formula is C29H29Cl2N7O2. The fourth-order valence-electron chi connectivity index (χ4n) is 4.99. The number of aromatic nitrogens is 4. The first kappa shape index (κ1) is 27.6. The molecule has 3 aromatic carbocycles. The van der Waals surface area contributed by atoms with Gasteiger partial charge in [0.1, 0.15) is 0 Å². The molecule has 40 heavy (non-hydrogen) atoms. The van der Waals surface area contributed by atoms with Gasteiger partial charge in [-0.05, 0) is 70.5 Å². The number of tetrazole rings is 1. The summed E-state index contributed by atoms with van der Waals surface area (Å²) in [5.74, 6) is 0.305. The molecule has 11 heteroatoms. The van der Waals surface area contributed by atoms with E-state index in [1.54, 1.807) is 24.3 Å². The minimum absolute atomic E-state index is 0.0883. The van der Waals surface area contributed by atoms with Gasteiger partial charge in [0.05, 0.1) is 16.1 Å². The highest BCUT2D eigenvalue weighted by atomic mass is 35.5. The van der Waals surface area contributed by atoms with Crippen LogP contribution in [-0.2, 0) is 6.54 Å². The van der Waals surface area contributed by atoms with E-state index in [2.05, 4.69) is 60.8 Å². The first-order chi connectivity index (χ1) is 19.5. The van der Waals surface area contributed by atoms with Crippen molar-refractivity contribution in [1.82, 2.24) is 31.3 Å². The summed E-state index contributed by atoms with van der Waals surface area (Å²) in [6.45, 7) is 0.283. The molecule has 1 aliphatic rings. The molecule has 206 valence electrons. The third kappa shape index (κ3) is 6.97. The van der Waals surface area contributed by atoms with Crippen LogP contribution in [0.1, 0.15) is 76.7 Å². The predicted octanol–water partition coefficient (Wildman–Crippen LogP) is 6.40. The normalized spacial score (nSPS) is 14.3. The number of nitrogens with zero attached hydrogens (tertiary/aromatic N) is 3. The monoisotopic (exact) mass is 577 g/mol. The van der Waals surface area contributed by atoms with Crippen LogP contribution >= 0.6 is 23.2 Å². The molecule has 1 aromatic heterocycles. The minimum Gasteiger partial charge on any atom is -0.334 e. The number of halogens is 2. The van der Waals surface area contributed by atoms with Crippen LogP contribution in [-0.4, -0.2) is 32.6 Å². The van der Waals surface area contributed by atoms with E-state index in [1.165, 1.54) is 37.7 Å². The highest BCUT2D eigenvalue weighted by molar-refractivity contribution is 6.42. The lowest BCUT2D eigenvalue weighted by molar-refractivity contribution is 0.102. The minimum atomic E-state index is -0.441. The fourth-order valence-corrected chi connectivity index (χ4v) is 5.31. The smallest absolute Gasteiger partial charge is 0.315 e. The molecule has 5 rings (SSSR count). The van der Waals surface area contributed by atoms with Crippen molar-refractivity contribution >= 4 is 41.1 Å². The first-order valence-electron chi connectivity index (χ1n) is 13.2. The van der Waals surface area contributed by atoms with Crippen molar-refractivity contribution in [2.75, 3.05) is 5.32 Å². The van der Waals surface area contributed by atoms with Crippen LogP contribution in [0.25, 0.3) is 0 Å². The highest BCUT2D eigenvalue weighted by Gasteiger charge is 2.20. The van der Waals surface area contributed by atoms with Crippen LogP contribution in [0.2, 0.25) is 10.0 Å². The Morgan fingerprint density at radius 2 is 1.60 bits per heavy atom. The summed E-state index contributed by atoms with van der Waals surface area (Å²) in [6, 6.07) is 20.0. The van der Waals surface area contributed by atoms with Crippen molar-refractivity contribution in [1.29, 1.82) is 0 Å². The molecule has 1 aliphatic carbocycles. The van der Waals surface area contributed by atoms with Gasteiger partial charge in [0, 0.05) is 12.1 Å². The zero-order valence-electron chi connectivity index (χ0n) is 21.7. The number of rotatable bonds is 8. The third-order valence-electron chi connectivity index (χ3n) is 7.14. The lowest BCUT2D eigenvalue weighted by atomic mass is 9.83. The number of benzene rings is 3. The summed E-state index contributed by atoms with van der Waals surface area (Å²) in [7, 11) is 0. The van der Waals surface area contributed by atoms with E-state index in [1.807, 2.05) is 18.2 Å². The average Bonchev–Trinajstić information content (AvgIpc) is 3.50. The largest absolute Gasteiger partial charge is 0.334 e. The van der Waals surface area contributed by atoms with Crippen molar-refractivity contribution in [3.63, 3.8) is 0 Å². The van der Waals surface area contributed by atoms with Gasteiger partial charge in [-0.15, -0.1) is 5.10 Å². The molecule has 1 heterocycles. The van der Waals surface area contributed by atoms with E-state index in [-0.39, 0.29) is 24.4 Å². The van der Waals surface area contributed by atoms with Crippen molar-refractivity contribution in [3.05, 3.63) is 105 Å². The molecule has 1 saturated carbocycles. The lowest BCUT2D eigenvalue weighted by Gasteiger charge is -2.24. The Balaban J connectivity index is 1.33. The van der Waals surface area contributed by atoms with Crippen LogP contribution < -0.4 is 16.0 Å². The Morgan fingerprint density at radius 3 is 2.25 bits per heavy atom. The Bertz CT molecular complexity index is 1440. The van der Waals surface area contributed by atoms with Crippen LogP contribution in [0.15, 0.2) is 66.7 Å².